The van der Waals surface area contributed by atoms with E-state index in [4.69, 9.17) is 35.8 Å². The Hall–Kier alpha value is -3.39. The van der Waals surface area contributed by atoms with Gasteiger partial charge in [0.15, 0.2) is 5.67 Å². The predicted octanol–water partition coefficient (Wildman–Crippen LogP) is 5.68. The first-order valence-corrected chi connectivity index (χ1v) is 13.4. The SMILES string of the molecule is [B]C(Nc1cc(Cl)c2ncc(C#N)c(NCC(C)(C)C)c2c1)(c1cn(CC2(F)COC2)nn1)c1ccccc1Cl. The number of pyridine rings is 1. The average Bonchev–Trinajstić information content (AvgIpc) is 3.35. The van der Waals surface area contributed by atoms with E-state index in [1.807, 2.05) is 12.1 Å². The first-order valence-electron chi connectivity index (χ1n) is 12.7. The summed E-state index contributed by atoms with van der Waals surface area (Å²) >= 11 is 13.3. The quantitative estimate of drug-likeness (QED) is 0.260. The van der Waals surface area contributed by atoms with E-state index in [-0.39, 0.29) is 25.2 Å². The van der Waals surface area contributed by atoms with Crippen LogP contribution in [0.2, 0.25) is 10.0 Å². The summed E-state index contributed by atoms with van der Waals surface area (Å²) in [7, 11) is 7.04. The first-order chi connectivity index (χ1) is 18.9. The van der Waals surface area contributed by atoms with E-state index >= 15 is 0 Å². The number of hydrogen-bond donors (Lipinski definition) is 2. The lowest BCUT2D eigenvalue weighted by Crippen LogP contribution is -2.48. The summed E-state index contributed by atoms with van der Waals surface area (Å²) in [6.45, 7) is 6.87. The molecule has 0 amide bonds. The number of anilines is 2. The fourth-order valence-electron chi connectivity index (χ4n) is 4.50. The summed E-state index contributed by atoms with van der Waals surface area (Å²) in [6, 6.07) is 12.8. The molecule has 1 unspecified atom stereocenters. The zero-order valence-electron chi connectivity index (χ0n) is 22.3. The van der Waals surface area contributed by atoms with Crippen molar-refractivity contribution in [2.24, 2.45) is 5.41 Å². The molecule has 2 radical (unpaired) electrons. The molecular weight excluding hydrogens is 551 g/mol. The lowest BCUT2D eigenvalue weighted by atomic mass is 9.69. The molecule has 2 N–H and O–H groups in total. The molecule has 204 valence electrons. The van der Waals surface area contributed by atoms with Gasteiger partial charge in [-0.3, -0.25) is 4.98 Å². The third-order valence-corrected chi connectivity index (χ3v) is 7.21. The Bertz CT molecular complexity index is 1610. The number of nitrogens with one attached hydrogen (secondary N) is 2. The van der Waals surface area contributed by atoms with E-state index in [0.29, 0.717) is 55.7 Å². The van der Waals surface area contributed by atoms with Crippen molar-refractivity contribution in [3.8, 4) is 6.07 Å². The van der Waals surface area contributed by atoms with Crippen LogP contribution in [0.5, 0.6) is 0 Å². The highest BCUT2D eigenvalue weighted by Gasteiger charge is 2.40. The van der Waals surface area contributed by atoms with Gasteiger partial charge in [-0.15, -0.1) is 5.10 Å². The summed E-state index contributed by atoms with van der Waals surface area (Å²) in [5.41, 5.74) is -0.126. The highest BCUT2D eigenvalue weighted by molar-refractivity contribution is 6.36. The van der Waals surface area contributed by atoms with Gasteiger partial charge in [0.25, 0.3) is 0 Å². The van der Waals surface area contributed by atoms with E-state index in [2.05, 4.69) is 52.8 Å². The fourth-order valence-corrected chi connectivity index (χ4v) is 5.05. The van der Waals surface area contributed by atoms with Gasteiger partial charge in [-0.25, -0.2) is 9.07 Å². The molecule has 0 saturated carbocycles. The molecule has 1 saturated heterocycles. The maximum absolute atomic E-state index is 14.7. The summed E-state index contributed by atoms with van der Waals surface area (Å²) in [5.74, 6) is 0. The molecule has 2 aromatic carbocycles. The molecule has 0 bridgehead atoms. The van der Waals surface area contributed by atoms with Gasteiger partial charge < -0.3 is 15.4 Å². The van der Waals surface area contributed by atoms with E-state index in [1.54, 1.807) is 30.5 Å². The Morgan fingerprint density at radius 3 is 2.60 bits per heavy atom. The fraction of sp³-hybridized carbons (Fsp3) is 0.357. The Balaban J connectivity index is 1.60. The number of ether oxygens (including phenoxy) is 1. The number of hydrogen-bond acceptors (Lipinski definition) is 7. The predicted molar refractivity (Wildman–Crippen MR) is 156 cm³/mol. The van der Waals surface area contributed by atoms with Crippen LogP contribution in [0.15, 0.2) is 48.8 Å². The molecule has 1 aliphatic heterocycles. The summed E-state index contributed by atoms with van der Waals surface area (Å²) in [4.78, 5) is 4.43. The molecule has 3 heterocycles. The van der Waals surface area contributed by atoms with Gasteiger partial charge >= 0.3 is 0 Å². The number of nitrogens with zero attached hydrogens (tertiary/aromatic N) is 5. The second kappa shape index (κ2) is 10.5. The third-order valence-electron chi connectivity index (χ3n) is 6.59. The largest absolute Gasteiger partial charge is 0.383 e. The van der Waals surface area contributed by atoms with Crippen molar-refractivity contribution in [2.75, 3.05) is 30.4 Å². The zero-order chi connectivity index (χ0) is 28.7. The van der Waals surface area contributed by atoms with Crippen LogP contribution in [0.1, 0.15) is 37.6 Å². The van der Waals surface area contributed by atoms with Crippen molar-refractivity contribution in [2.45, 2.75) is 38.4 Å². The van der Waals surface area contributed by atoms with E-state index in [1.165, 1.54) is 10.9 Å². The van der Waals surface area contributed by atoms with Crippen LogP contribution in [0, 0.1) is 16.7 Å². The lowest BCUT2D eigenvalue weighted by molar-refractivity contribution is -0.138. The summed E-state index contributed by atoms with van der Waals surface area (Å²) < 4.78 is 21.2. The molecule has 5 rings (SSSR count). The minimum Gasteiger partial charge on any atom is -0.383 e. The number of halogens is 3. The van der Waals surface area contributed by atoms with Gasteiger partial charge in [-0.1, -0.05) is 67.4 Å². The zero-order valence-corrected chi connectivity index (χ0v) is 23.8. The number of nitriles is 1. The van der Waals surface area contributed by atoms with Crippen molar-refractivity contribution < 1.29 is 9.13 Å². The number of alkyl halides is 1. The molecular formula is C28H27BCl2FN7O. The minimum absolute atomic E-state index is 0.00137. The van der Waals surface area contributed by atoms with Crippen LogP contribution in [0.4, 0.5) is 15.8 Å². The van der Waals surface area contributed by atoms with E-state index in [0.717, 1.165) is 0 Å². The van der Waals surface area contributed by atoms with Crippen molar-refractivity contribution >= 4 is 53.3 Å². The Morgan fingerprint density at radius 1 is 1.20 bits per heavy atom. The Morgan fingerprint density at radius 2 is 1.95 bits per heavy atom. The third kappa shape index (κ3) is 5.59. The normalized spacial score (nSPS) is 16.1. The highest BCUT2D eigenvalue weighted by atomic mass is 35.5. The smallest absolute Gasteiger partial charge is 0.176 e. The minimum atomic E-state index is -1.51. The maximum atomic E-state index is 14.7. The molecule has 12 heteroatoms. The highest BCUT2D eigenvalue weighted by Crippen LogP contribution is 2.38. The average molecular weight is 578 g/mol. The number of aromatic nitrogens is 4. The number of fused-ring (bicyclic) bond motifs is 1. The molecule has 8 nitrogen and oxygen atoms in total. The van der Waals surface area contributed by atoms with Crippen LogP contribution in [-0.4, -0.2) is 53.3 Å². The van der Waals surface area contributed by atoms with Crippen LogP contribution in [-0.2, 0) is 16.7 Å². The molecule has 40 heavy (non-hydrogen) atoms. The Labute approximate surface area is 243 Å². The number of rotatable bonds is 8. The van der Waals surface area contributed by atoms with Gasteiger partial charge in [0.1, 0.15) is 19.6 Å². The first kappa shape index (κ1) is 28.2. The van der Waals surface area contributed by atoms with Crippen molar-refractivity contribution in [1.29, 1.82) is 5.26 Å². The van der Waals surface area contributed by atoms with Gasteiger partial charge in [0.05, 0.1) is 53.2 Å². The molecule has 4 aromatic rings. The van der Waals surface area contributed by atoms with Gasteiger partial charge in [0.2, 0.25) is 0 Å². The van der Waals surface area contributed by atoms with Gasteiger partial charge in [-0.05, 0) is 29.2 Å². The van der Waals surface area contributed by atoms with E-state index < -0.39 is 11.1 Å². The number of benzene rings is 2. The second-order valence-electron chi connectivity index (χ2n) is 11.3. The van der Waals surface area contributed by atoms with Crippen LogP contribution < -0.4 is 10.6 Å². The van der Waals surface area contributed by atoms with E-state index in [9.17, 15) is 9.65 Å². The van der Waals surface area contributed by atoms with Crippen molar-refractivity contribution in [1.82, 2.24) is 20.0 Å². The molecule has 2 aromatic heterocycles. The molecule has 0 spiro atoms. The monoisotopic (exact) mass is 577 g/mol. The summed E-state index contributed by atoms with van der Waals surface area (Å²) in [5, 5.41) is 26.4. The molecule has 1 atom stereocenters. The van der Waals surface area contributed by atoms with Crippen LogP contribution in [0.25, 0.3) is 10.9 Å². The van der Waals surface area contributed by atoms with Gasteiger partial charge in [-0.2, -0.15) is 5.26 Å². The topological polar surface area (TPSA) is 101 Å². The van der Waals surface area contributed by atoms with Crippen molar-refractivity contribution in [3.63, 3.8) is 0 Å². The van der Waals surface area contributed by atoms with Crippen LogP contribution in [0.3, 0.4) is 0 Å². The molecule has 1 aliphatic rings. The summed E-state index contributed by atoms with van der Waals surface area (Å²) in [6.07, 6.45) is 3.09. The van der Waals surface area contributed by atoms with Crippen molar-refractivity contribution in [3.05, 3.63) is 75.7 Å². The van der Waals surface area contributed by atoms with Crippen LogP contribution >= 0.6 is 23.2 Å². The Kier molecular flexibility index (Phi) is 7.42. The second-order valence-corrected chi connectivity index (χ2v) is 12.1. The maximum Gasteiger partial charge on any atom is 0.176 e. The standard InChI is InChI=1S/C28H27BCl2FN7O/c1-26(2,3)13-35-24-17(10-33)11-34-25-19(24)8-18(9-22(25)31)36-28(29,20-6-4-5-7-21(20)30)23-12-39(38-37-23)14-27(32)15-40-16-27/h4-9,11-12,36H,13-16H2,1-3H3,(H,34,35). The van der Waals surface area contributed by atoms with Gasteiger partial charge in [0, 0.05) is 28.8 Å². The molecule has 0 aliphatic carbocycles. The molecule has 1 fully saturated rings. The lowest BCUT2D eigenvalue weighted by Gasteiger charge is -2.33.